The highest BCUT2D eigenvalue weighted by molar-refractivity contribution is 7.90. The van der Waals surface area contributed by atoms with E-state index in [1.54, 1.807) is 6.20 Å². The minimum Gasteiger partial charge on any atom is -0.304 e. The zero-order valence-corrected chi connectivity index (χ0v) is 16.0. The largest absolute Gasteiger partial charge is 0.304 e. The van der Waals surface area contributed by atoms with Gasteiger partial charge in [-0.25, -0.2) is 16.8 Å². The van der Waals surface area contributed by atoms with Gasteiger partial charge in [0.25, 0.3) is 10.0 Å². The molecule has 0 radical (unpaired) electrons. The molecule has 0 unspecified atom stereocenters. The maximum absolute atomic E-state index is 13.2. The summed E-state index contributed by atoms with van der Waals surface area (Å²) in [6.45, 7) is 4.64. The van der Waals surface area contributed by atoms with E-state index in [1.807, 2.05) is 24.3 Å². The Labute approximate surface area is 158 Å². The first-order chi connectivity index (χ1) is 12.9. The molecular weight excluding hydrogens is 365 g/mol. The first-order valence-electron chi connectivity index (χ1n) is 8.96. The number of fused-ring (bicyclic) bond motifs is 1. The Morgan fingerprint density at radius 3 is 2.33 bits per heavy atom. The highest BCUT2D eigenvalue weighted by Gasteiger charge is 2.23. The molecule has 1 aliphatic heterocycles. The van der Waals surface area contributed by atoms with Gasteiger partial charge in [-0.3, -0.25) is 4.90 Å². The lowest BCUT2D eigenvalue weighted by Crippen LogP contribution is -2.43. The fourth-order valence-electron chi connectivity index (χ4n) is 3.51. The molecule has 1 fully saturated rings. The van der Waals surface area contributed by atoms with Crippen molar-refractivity contribution in [2.45, 2.75) is 11.4 Å². The van der Waals surface area contributed by atoms with E-state index < -0.39 is 15.8 Å². The summed E-state index contributed by atoms with van der Waals surface area (Å²) in [6.07, 6.45) is 1.71. The van der Waals surface area contributed by atoms with Gasteiger partial charge in [-0.1, -0.05) is 18.2 Å². The van der Waals surface area contributed by atoms with Gasteiger partial charge in [-0.15, -0.1) is 0 Å². The molecule has 1 aliphatic rings. The lowest BCUT2D eigenvalue weighted by molar-refractivity contribution is 0.148. The zero-order chi connectivity index (χ0) is 19.0. The number of benzene rings is 2. The molecule has 0 spiro atoms. The van der Waals surface area contributed by atoms with Gasteiger partial charge in [-0.2, -0.15) is 0 Å². The van der Waals surface area contributed by atoms with E-state index >= 15 is 0 Å². The van der Waals surface area contributed by atoms with Gasteiger partial charge in [0, 0.05) is 44.3 Å². The molecule has 5 nitrogen and oxygen atoms in total. The van der Waals surface area contributed by atoms with Crippen LogP contribution in [0.15, 0.2) is 59.6 Å². The number of hydrogen-bond acceptors (Lipinski definition) is 4. The molecule has 0 amide bonds. The molecule has 4 rings (SSSR count). The highest BCUT2D eigenvalue weighted by Crippen LogP contribution is 2.27. The molecule has 0 N–H and O–H groups in total. The molecule has 0 saturated carbocycles. The van der Waals surface area contributed by atoms with E-state index in [1.165, 1.54) is 28.2 Å². The summed E-state index contributed by atoms with van der Waals surface area (Å²) < 4.78 is 40.8. The molecule has 1 saturated heterocycles. The van der Waals surface area contributed by atoms with Gasteiger partial charge >= 0.3 is 0 Å². The first-order valence-corrected chi connectivity index (χ1v) is 10.4. The van der Waals surface area contributed by atoms with E-state index in [-0.39, 0.29) is 4.90 Å². The zero-order valence-electron chi connectivity index (χ0n) is 15.2. The summed E-state index contributed by atoms with van der Waals surface area (Å²) >= 11 is 0. The first kappa shape index (κ1) is 18.2. The third-order valence-electron chi connectivity index (χ3n) is 5.12. The summed E-state index contributed by atoms with van der Waals surface area (Å²) in [5, 5.41) is 0.933. The molecule has 0 bridgehead atoms. The Morgan fingerprint density at radius 1 is 0.963 bits per heavy atom. The Hall–Kier alpha value is -2.22. The molecule has 0 atom stereocenters. The maximum Gasteiger partial charge on any atom is 0.268 e. The second kappa shape index (κ2) is 7.07. The number of para-hydroxylation sites is 1. The van der Waals surface area contributed by atoms with E-state index in [0.717, 1.165) is 37.1 Å². The maximum atomic E-state index is 13.2. The van der Waals surface area contributed by atoms with Gasteiger partial charge in [0.15, 0.2) is 0 Å². The van der Waals surface area contributed by atoms with Crippen molar-refractivity contribution >= 4 is 20.9 Å². The minimum atomic E-state index is -3.79. The van der Waals surface area contributed by atoms with Crippen molar-refractivity contribution in [2.24, 2.45) is 0 Å². The number of rotatable bonds is 4. The van der Waals surface area contributed by atoms with Gasteiger partial charge in [0.1, 0.15) is 5.82 Å². The second-order valence-corrected chi connectivity index (χ2v) is 8.82. The predicted molar refractivity (Wildman–Crippen MR) is 104 cm³/mol. The van der Waals surface area contributed by atoms with E-state index in [2.05, 4.69) is 16.8 Å². The molecule has 1 aromatic heterocycles. The summed E-state index contributed by atoms with van der Waals surface area (Å²) in [4.78, 5) is 4.71. The molecule has 2 aromatic carbocycles. The van der Waals surface area contributed by atoms with Crippen LogP contribution in [0.3, 0.4) is 0 Å². The third-order valence-corrected chi connectivity index (χ3v) is 6.81. The molecule has 142 valence electrons. The van der Waals surface area contributed by atoms with Crippen LogP contribution in [0, 0.1) is 5.82 Å². The standard InChI is InChI=1S/C20H22FN3O2S/c1-22-10-12-23(13-11-22)14-16-15-24(20-5-3-2-4-19(16)20)27(25,26)18-8-6-17(21)7-9-18/h2-9,15H,10-14H2,1H3. The van der Waals surface area contributed by atoms with Crippen LogP contribution >= 0.6 is 0 Å². The smallest absolute Gasteiger partial charge is 0.268 e. The summed E-state index contributed by atoms with van der Waals surface area (Å²) in [5.74, 6) is -0.456. The molecule has 27 heavy (non-hydrogen) atoms. The molecule has 3 aromatic rings. The fourth-order valence-corrected chi connectivity index (χ4v) is 4.90. The van der Waals surface area contributed by atoms with Crippen LogP contribution in [0.1, 0.15) is 5.56 Å². The number of nitrogens with zero attached hydrogens (tertiary/aromatic N) is 3. The summed E-state index contributed by atoms with van der Waals surface area (Å²) in [5.41, 5.74) is 1.63. The van der Waals surface area contributed by atoms with Crippen LogP contribution in [0.4, 0.5) is 4.39 Å². The number of likely N-dealkylation sites (N-methyl/N-ethyl adjacent to an activating group) is 1. The number of aromatic nitrogens is 1. The van der Waals surface area contributed by atoms with Crippen molar-refractivity contribution in [3.8, 4) is 0 Å². The number of piperazine rings is 1. The Morgan fingerprint density at radius 2 is 1.63 bits per heavy atom. The van der Waals surface area contributed by atoms with Gasteiger partial charge in [-0.05, 0) is 42.9 Å². The lowest BCUT2D eigenvalue weighted by Gasteiger charge is -2.32. The van der Waals surface area contributed by atoms with Crippen LogP contribution in [-0.4, -0.2) is 55.4 Å². The van der Waals surface area contributed by atoms with E-state index in [0.29, 0.717) is 12.1 Å². The van der Waals surface area contributed by atoms with Crippen LogP contribution in [-0.2, 0) is 16.6 Å². The summed E-state index contributed by atoms with van der Waals surface area (Å²) in [7, 11) is -1.68. The molecular formula is C20H22FN3O2S. The van der Waals surface area contributed by atoms with Crippen molar-refractivity contribution in [3.63, 3.8) is 0 Å². The van der Waals surface area contributed by atoms with Crippen molar-refractivity contribution < 1.29 is 12.8 Å². The Kier molecular flexibility index (Phi) is 4.75. The van der Waals surface area contributed by atoms with Crippen LogP contribution in [0.2, 0.25) is 0 Å². The average Bonchev–Trinajstić information content (AvgIpc) is 3.03. The average molecular weight is 387 g/mol. The van der Waals surface area contributed by atoms with Crippen molar-refractivity contribution in [1.29, 1.82) is 0 Å². The van der Waals surface area contributed by atoms with Crippen molar-refractivity contribution in [2.75, 3.05) is 33.2 Å². The van der Waals surface area contributed by atoms with Gasteiger partial charge in [0.2, 0.25) is 0 Å². The number of hydrogen-bond donors (Lipinski definition) is 0. The minimum absolute atomic E-state index is 0.0794. The predicted octanol–water partition coefficient (Wildman–Crippen LogP) is 2.76. The highest BCUT2D eigenvalue weighted by atomic mass is 32.2. The molecule has 0 aliphatic carbocycles. The summed E-state index contributed by atoms with van der Waals surface area (Å²) in [6, 6.07) is 12.5. The van der Waals surface area contributed by atoms with E-state index in [9.17, 15) is 12.8 Å². The SMILES string of the molecule is CN1CCN(Cc2cn(S(=O)(=O)c3ccc(F)cc3)c3ccccc23)CC1. The Balaban J connectivity index is 1.74. The second-order valence-electron chi connectivity index (χ2n) is 7.01. The molecule has 7 heteroatoms. The van der Waals surface area contributed by atoms with E-state index in [4.69, 9.17) is 0 Å². The topological polar surface area (TPSA) is 45.5 Å². The van der Waals surface area contributed by atoms with Crippen LogP contribution in [0.25, 0.3) is 10.9 Å². The van der Waals surface area contributed by atoms with Gasteiger partial charge in [0.05, 0.1) is 10.4 Å². The normalized spacial score (nSPS) is 16.8. The quantitative estimate of drug-likeness (QED) is 0.691. The fraction of sp³-hybridized carbons (Fsp3) is 0.300. The monoisotopic (exact) mass is 387 g/mol. The number of halogens is 1. The van der Waals surface area contributed by atoms with Crippen molar-refractivity contribution in [1.82, 2.24) is 13.8 Å². The molecule has 2 heterocycles. The van der Waals surface area contributed by atoms with Gasteiger partial charge < -0.3 is 4.90 Å². The van der Waals surface area contributed by atoms with Crippen LogP contribution in [0.5, 0.6) is 0 Å². The van der Waals surface area contributed by atoms with Crippen LogP contribution < -0.4 is 0 Å². The lowest BCUT2D eigenvalue weighted by atomic mass is 10.1. The van der Waals surface area contributed by atoms with Crippen molar-refractivity contribution in [3.05, 3.63) is 66.1 Å². The third kappa shape index (κ3) is 3.50. The Bertz CT molecular complexity index is 1050.